The molecule has 1 amide bonds. The number of carbonyl (C=O) groups excluding carboxylic acids is 3. The van der Waals surface area contributed by atoms with Gasteiger partial charge in [-0.25, -0.2) is 0 Å². The van der Waals surface area contributed by atoms with Crippen molar-refractivity contribution in [2.45, 2.75) is 6.92 Å². The van der Waals surface area contributed by atoms with Crippen LogP contribution in [0, 0.1) is 3.57 Å². The van der Waals surface area contributed by atoms with Gasteiger partial charge < -0.3 is 10.1 Å². The maximum Gasteiger partial charge on any atom is 0.325 e. The van der Waals surface area contributed by atoms with Crippen LogP contribution in [0.15, 0.2) is 24.3 Å². The third-order valence-electron chi connectivity index (χ3n) is 1.95. The molecule has 0 saturated carbocycles. The maximum atomic E-state index is 11.7. The summed E-state index contributed by atoms with van der Waals surface area (Å²) in [6.07, 6.45) is 0. The monoisotopic (exact) mass is 361 g/mol. The minimum Gasteiger partial charge on any atom is -0.456 e. The van der Waals surface area contributed by atoms with Gasteiger partial charge in [-0.15, -0.1) is 0 Å². The fourth-order valence-corrected chi connectivity index (χ4v) is 1.76. The summed E-state index contributed by atoms with van der Waals surface area (Å²) in [7, 11) is 0. The summed E-state index contributed by atoms with van der Waals surface area (Å²) < 4.78 is 5.41. The molecule has 1 N–H and O–H groups in total. The van der Waals surface area contributed by atoms with Gasteiger partial charge in [0.05, 0.1) is 5.56 Å². The Morgan fingerprint density at radius 3 is 2.56 bits per heavy atom. The van der Waals surface area contributed by atoms with Crippen LogP contribution in [0.3, 0.4) is 0 Å². The lowest BCUT2D eigenvalue weighted by molar-refractivity contribution is -0.146. The number of esters is 1. The van der Waals surface area contributed by atoms with Crippen molar-refractivity contribution in [3.8, 4) is 0 Å². The first-order valence-corrected chi connectivity index (χ1v) is 6.26. The molecule has 5 nitrogen and oxygen atoms in total. The Bertz CT molecular complexity index is 473. The summed E-state index contributed by atoms with van der Waals surface area (Å²) in [6.45, 7) is 0.798. The molecule has 1 aromatic carbocycles. The number of halogens is 1. The topological polar surface area (TPSA) is 72.5 Å². The highest BCUT2D eigenvalue weighted by molar-refractivity contribution is 14.1. The highest BCUT2D eigenvalue weighted by atomic mass is 127. The number of hydrogen-bond acceptors (Lipinski definition) is 4. The van der Waals surface area contributed by atoms with E-state index in [-0.39, 0.29) is 24.8 Å². The number of nitrogens with one attached hydrogen (secondary N) is 1. The lowest BCUT2D eigenvalue weighted by atomic mass is 10.2. The van der Waals surface area contributed by atoms with E-state index in [1.165, 1.54) is 6.92 Å². The van der Waals surface area contributed by atoms with Gasteiger partial charge in [-0.3, -0.25) is 14.4 Å². The second-order valence-corrected chi connectivity index (χ2v) is 4.69. The van der Waals surface area contributed by atoms with Gasteiger partial charge in [0.25, 0.3) is 5.91 Å². The first kappa shape index (κ1) is 14.6. The number of hydrogen-bond donors (Lipinski definition) is 1. The van der Waals surface area contributed by atoms with Crippen molar-refractivity contribution in [1.29, 1.82) is 0 Å². The van der Waals surface area contributed by atoms with Crippen molar-refractivity contribution in [1.82, 2.24) is 5.32 Å². The quantitative estimate of drug-likeness (QED) is 0.631. The van der Waals surface area contributed by atoms with Gasteiger partial charge in [-0.1, -0.05) is 12.1 Å². The molecule has 0 radical (unpaired) electrons. The number of Topliss-reactive ketones (excluding diaryl/α,β-unsaturated/α-hetero) is 1. The normalized spacial score (nSPS) is 9.67. The van der Waals surface area contributed by atoms with Crippen LogP contribution in [0.2, 0.25) is 0 Å². The minimum atomic E-state index is -0.635. The molecule has 0 unspecified atom stereocenters. The van der Waals surface area contributed by atoms with Crippen LogP contribution in [-0.2, 0) is 14.3 Å². The average Bonchev–Trinajstić information content (AvgIpc) is 2.34. The van der Waals surface area contributed by atoms with Crippen molar-refractivity contribution >= 4 is 40.3 Å². The Hall–Kier alpha value is -1.44. The zero-order valence-corrected chi connectivity index (χ0v) is 11.9. The molecule has 0 saturated heterocycles. The van der Waals surface area contributed by atoms with E-state index in [0.717, 1.165) is 3.57 Å². The molecule has 18 heavy (non-hydrogen) atoms. The van der Waals surface area contributed by atoms with Gasteiger partial charge in [0, 0.05) is 3.57 Å². The van der Waals surface area contributed by atoms with Crippen LogP contribution >= 0.6 is 22.6 Å². The van der Waals surface area contributed by atoms with E-state index in [1.54, 1.807) is 18.2 Å². The van der Waals surface area contributed by atoms with Crippen molar-refractivity contribution in [2.75, 3.05) is 13.2 Å². The molecule has 0 heterocycles. The SMILES string of the molecule is CC(=O)COC(=O)CNC(=O)c1ccccc1I. The number of amides is 1. The van der Waals surface area contributed by atoms with E-state index < -0.39 is 5.97 Å². The fourth-order valence-electron chi connectivity index (χ4n) is 1.13. The largest absolute Gasteiger partial charge is 0.456 e. The molecule has 96 valence electrons. The van der Waals surface area contributed by atoms with E-state index in [4.69, 9.17) is 0 Å². The zero-order valence-electron chi connectivity index (χ0n) is 9.73. The number of rotatable bonds is 5. The number of carbonyl (C=O) groups is 3. The zero-order chi connectivity index (χ0) is 13.5. The molecule has 0 spiro atoms. The summed E-state index contributed by atoms with van der Waals surface area (Å²) >= 11 is 2.04. The average molecular weight is 361 g/mol. The molecular formula is C12H12INO4. The van der Waals surface area contributed by atoms with Gasteiger partial charge in [0.15, 0.2) is 5.78 Å². The molecule has 0 aromatic heterocycles. The highest BCUT2D eigenvalue weighted by Gasteiger charge is 2.11. The van der Waals surface area contributed by atoms with Gasteiger partial charge in [-0.2, -0.15) is 0 Å². The van der Waals surface area contributed by atoms with Gasteiger partial charge in [-0.05, 0) is 41.6 Å². The van der Waals surface area contributed by atoms with Crippen molar-refractivity contribution in [3.05, 3.63) is 33.4 Å². The molecule has 1 aromatic rings. The summed E-state index contributed by atoms with van der Waals surface area (Å²) in [5, 5.41) is 2.43. The van der Waals surface area contributed by atoms with Crippen LogP contribution in [0.4, 0.5) is 0 Å². The predicted octanol–water partition coefficient (Wildman–Crippen LogP) is 1.15. The molecule has 0 aliphatic heterocycles. The number of benzene rings is 1. The maximum absolute atomic E-state index is 11.7. The molecule has 0 fully saturated rings. The first-order chi connectivity index (χ1) is 8.50. The Labute approximate surface area is 118 Å². The summed E-state index contributed by atoms with van der Waals surface area (Å²) in [5.74, 6) is -1.23. The molecular weight excluding hydrogens is 349 g/mol. The second kappa shape index (κ2) is 7.10. The van der Waals surface area contributed by atoms with Crippen molar-refractivity contribution in [2.24, 2.45) is 0 Å². The lowest BCUT2D eigenvalue weighted by Crippen LogP contribution is -2.31. The van der Waals surface area contributed by atoms with E-state index in [0.29, 0.717) is 5.56 Å². The second-order valence-electron chi connectivity index (χ2n) is 3.53. The van der Waals surface area contributed by atoms with Crippen LogP contribution in [-0.4, -0.2) is 30.8 Å². The Morgan fingerprint density at radius 2 is 1.94 bits per heavy atom. The fraction of sp³-hybridized carbons (Fsp3) is 0.250. The molecule has 0 atom stereocenters. The Morgan fingerprint density at radius 1 is 1.28 bits per heavy atom. The van der Waals surface area contributed by atoms with Gasteiger partial charge in [0.1, 0.15) is 13.2 Å². The van der Waals surface area contributed by atoms with E-state index in [1.807, 2.05) is 28.7 Å². The summed E-state index contributed by atoms with van der Waals surface area (Å²) in [5.41, 5.74) is 0.498. The highest BCUT2D eigenvalue weighted by Crippen LogP contribution is 2.10. The number of ether oxygens (including phenoxy) is 1. The molecule has 0 bridgehead atoms. The van der Waals surface area contributed by atoms with E-state index >= 15 is 0 Å². The van der Waals surface area contributed by atoms with Gasteiger partial charge >= 0.3 is 5.97 Å². The Kier molecular flexibility index (Phi) is 5.76. The summed E-state index contributed by atoms with van der Waals surface area (Å²) in [6, 6.07) is 7.02. The lowest BCUT2D eigenvalue weighted by Gasteiger charge is -2.06. The summed E-state index contributed by atoms with van der Waals surface area (Å²) in [4.78, 5) is 33.5. The van der Waals surface area contributed by atoms with Crippen LogP contribution in [0.25, 0.3) is 0 Å². The van der Waals surface area contributed by atoms with Crippen LogP contribution < -0.4 is 5.32 Å². The standard InChI is InChI=1S/C12H12INO4/c1-8(15)7-18-11(16)6-14-12(17)9-4-2-3-5-10(9)13/h2-5H,6-7H2,1H3,(H,14,17). The predicted molar refractivity (Wildman–Crippen MR) is 73.1 cm³/mol. The minimum absolute atomic E-state index is 0.243. The third kappa shape index (κ3) is 4.82. The number of ketones is 1. The third-order valence-corrected chi connectivity index (χ3v) is 2.89. The van der Waals surface area contributed by atoms with Gasteiger partial charge in [0.2, 0.25) is 0 Å². The smallest absolute Gasteiger partial charge is 0.325 e. The first-order valence-electron chi connectivity index (χ1n) is 5.18. The molecule has 0 aliphatic carbocycles. The van der Waals surface area contributed by atoms with Crippen molar-refractivity contribution in [3.63, 3.8) is 0 Å². The van der Waals surface area contributed by atoms with Crippen LogP contribution in [0.5, 0.6) is 0 Å². The van der Waals surface area contributed by atoms with Crippen LogP contribution in [0.1, 0.15) is 17.3 Å². The molecule has 0 aliphatic rings. The molecule has 1 rings (SSSR count). The van der Waals surface area contributed by atoms with E-state index in [2.05, 4.69) is 10.1 Å². The van der Waals surface area contributed by atoms with Crippen molar-refractivity contribution < 1.29 is 19.1 Å². The molecule has 6 heteroatoms. The Balaban J connectivity index is 2.45. The van der Waals surface area contributed by atoms with E-state index in [9.17, 15) is 14.4 Å².